The van der Waals surface area contributed by atoms with E-state index in [4.69, 9.17) is 9.47 Å². The first-order valence-corrected chi connectivity index (χ1v) is 9.22. The van der Waals surface area contributed by atoms with Crippen LogP contribution >= 0.6 is 0 Å². The molecule has 1 fully saturated rings. The molecule has 2 aromatic rings. The third-order valence-electron chi connectivity index (χ3n) is 4.38. The van der Waals surface area contributed by atoms with Crippen molar-refractivity contribution in [2.24, 2.45) is 0 Å². The second-order valence-electron chi connectivity index (χ2n) is 6.49. The summed E-state index contributed by atoms with van der Waals surface area (Å²) < 4.78 is 11.2. The Bertz CT molecular complexity index is 685. The molecule has 0 atom stereocenters. The molecule has 2 amide bonds. The Morgan fingerprint density at radius 1 is 1.00 bits per heavy atom. The van der Waals surface area contributed by atoms with Gasteiger partial charge in [0.1, 0.15) is 12.4 Å². The van der Waals surface area contributed by atoms with Crippen molar-refractivity contribution < 1.29 is 14.3 Å². The van der Waals surface area contributed by atoms with Crippen LogP contribution in [0.15, 0.2) is 54.6 Å². The van der Waals surface area contributed by atoms with Gasteiger partial charge in [-0.25, -0.2) is 4.79 Å². The van der Waals surface area contributed by atoms with Gasteiger partial charge in [0.05, 0.1) is 13.2 Å². The molecule has 2 aromatic carbocycles. The van der Waals surface area contributed by atoms with Gasteiger partial charge in [-0.3, -0.25) is 0 Å². The maximum Gasteiger partial charge on any atom is 0.319 e. The summed E-state index contributed by atoms with van der Waals surface area (Å²) in [4.78, 5) is 12.0. The first kappa shape index (κ1) is 18.3. The minimum Gasteiger partial charge on any atom is -0.491 e. The summed E-state index contributed by atoms with van der Waals surface area (Å²) in [5.41, 5.74) is 1.80. The average molecular weight is 354 g/mol. The second-order valence-corrected chi connectivity index (χ2v) is 6.49. The molecule has 0 bridgehead atoms. The number of hydrogen-bond donors (Lipinski definition) is 2. The molecule has 1 saturated carbocycles. The smallest absolute Gasteiger partial charge is 0.319 e. The van der Waals surface area contributed by atoms with E-state index in [0.717, 1.165) is 29.8 Å². The number of urea groups is 1. The zero-order valence-electron chi connectivity index (χ0n) is 14.9. The van der Waals surface area contributed by atoms with Crippen molar-refractivity contribution in [3.63, 3.8) is 0 Å². The number of amides is 2. The second kappa shape index (κ2) is 9.82. The highest BCUT2D eigenvalue weighted by atomic mass is 16.5. The number of hydrogen-bond acceptors (Lipinski definition) is 3. The Balaban J connectivity index is 1.37. The first-order valence-electron chi connectivity index (χ1n) is 9.22. The van der Waals surface area contributed by atoms with Crippen molar-refractivity contribution in [1.29, 1.82) is 0 Å². The zero-order valence-corrected chi connectivity index (χ0v) is 14.9. The van der Waals surface area contributed by atoms with Crippen LogP contribution in [0.4, 0.5) is 10.5 Å². The third kappa shape index (κ3) is 6.08. The summed E-state index contributed by atoms with van der Waals surface area (Å²) in [7, 11) is 0. The molecule has 2 N–H and O–H groups in total. The summed E-state index contributed by atoms with van der Waals surface area (Å²) >= 11 is 0. The number of ether oxygens (including phenoxy) is 2. The van der Waals surface area contributed by atoms with E-state index in [2.05, 4.69) is 10.6 Å². The Labute approximate surface area is 154 Å². The molecule has 0 radical (unpaired) electrons. The number of carbonyl (C=O) groups excluding carboxylic acids is 1. The lowest BCUT2D eigenvalue weighted by Crippen LogP contribution is -2.36. The molecule has 26 heavy (non-hydrogen) atoms. The van der Waals surface area contributed by atoms with Crippen molar-refractivity contribution in [2.45, 2.75) is 38.3 Å². The molecule has 138 valence electrons. The van der Waals surface area contributed by atoms with E-state index < -0.39 is 0 Å². The lowest BCUT2D eigenvalue weighted by atomic mass is 10.2. The molecule has 0 heterocycles. The van der Waals surface area contributed by atoms with E-state index in [9.17, 15) is 4.79 Å². The van der Waals surface area contributed by atoms with E-state index in [1.54, 1.807) is 0 Å². The van der Waals surface area contributed by atoms with Gasteiger partial charge in [0.2, 0.25) is 0 Å². The minimum atomic E-state index is -0.133. The Kier molecular flexibility index (Phi) is 6.90. The monoisotopic (exact) mass is 354 g/mol. The number of carbonyl (C=O) groups is 1. The van der Waals surface area contributed by atoms with Crippen molar-refractivity contribution in [3.8, 4) is 5.75 Å². The largest absolute Gasteiger partial charge is 0.491 e. The predicted octanol–water partition coefficient (Wildman–Crippen LogP) is 4.35. The predicted molar refractivity (Wildman–Crippen MR) is 102 cm³/mol. The molecule has 5 heteroatoms. The highest BCUT2D eigenvalue weighted by Crippen LogP contribution is 2.18. The van der Waals surface area contributed by atoms with Gasteiger partial charge in [-0.2, -0.15) is 0 Å². The summed E-state index contributed by atoms with van der Waals surface area (Å²) in [5.74, 6) is 0.843. The van der Waals surface area contributed by atoms with Crippen LogP contribution in [0.1, 0.15) is 31.2 Å². The van der Waals surface area contributed by atoms with E-state index in [1.165, 1.54) is 12.8 Å². The van der Waals surface area contributed by atoms with Crippen LogP contribution in [0.2, 0.25) is 0 Å². The molecule has 0 unspecified atom stereocenters. The quantitative estimate of drug-likeness (QED) is 0.693. The van der Waals surface area contributed by atoms with Gasteiger partial charge in [-0.05, 0) is 42.7 Å². The molecular weight excluding hydrogens is 328 g/mol. The lowest BCUT2D eigenvalue weighted by Gasteiger charge is -2.13. The van der Waals surface area contributed by atoms with Crippen molar-refractivity contribution in [3.05, 3.63) is 60.2 Å². The van der Waals surface area contributed by atoms with Gasteiger partial charge in [0.15, 0.2) is 0 Å². The van der Waals surface area contributed by atoms with Crippen LogP contribution in [-0.2, 0) is 11.3 Å². The molecule has 3 rings (SSSR count). The maximum absolute atomic E-state index is 12.0. The first-order chi connectivity index (χ1) is 12.8. The fourth-order valence-electron chi connectivity index (χ4n) is 3.09. The Hall–Kier alpha value is -2.53. The topological polar surface area (TPSA) is 59.6 Å². The number of para-hydroxylation sites is 1. The van der Waals surface area contributed by atoms with Crippen LogP contribution < -0.4 is 15.4 Å². The fraction of sp³-hybridized carbons (Fsp3) is 0.381. The molecule has 5 nitrogen and oxygen atoms in total. The molecule has 0 saturated heterocycles. The summed E-state index contributed by atoms with van der Waals surface area (Å²) in [5, 5.41) is 5.93. The third-order valence-corrected chi connectivity index (χ3v) is 4.38. The lowest BCUT2D eigenvalue weighted by molar-refractivity contribution is 0.0889. The Morgan fingerprint density at radius 3 is 2.62 bits per heavy atom. The SMILES string of the molecule is O=C(Nc1cccc(COCCOc2ccccc2)c1)NC1CCCC1. The highest BCUT2D eigenvalue weighted by molar-refractivity contribution is 5.89. The molecule has 1 aliphatic carbocycles. The van der Waals surface area contributed by atoms with E-state index in [-0.39, 0.29) is 6.03 Å². The van der Waals surface area contributed by atoms with Gasteiger partial charge in [0, 0.05) is 11.7 Å². The summed E-state index contributed by atoms with van der Waals surface area (Å²) in [6.45, 7) is 1.50. The van der Waals surface area contributed by atoms with E-state index in [0.29, 0.717) is 25.9 Å². The molecule has 0 aromatic heterocycles. The van der Waals surface area contributed by atoms with Crippen LogP contribution in [0, 0.1) is 0 Å². The van der Waals surface area contributed by atoms with Gasteiger partial charge < -0.3 is 20.1 Å². The van der Waals surface area contributed by atoms with Gasteiger partial charge in [-0.15, -0.1) is 0 Å². The van der Waals surface area contributed by atoms with Crippen molar-refractivity contribution >= 4 is 11.7 Å². The average Bonchev–Trinajstić information content (AvgIpc) is 3.15. The van der Waals surface area contributed by atoms with Crippen LogP contribution in [-0.4, -0.2) is 25.3 Å². The maximum atomic E-state index is 12.0. The zero-order chi connectivity index (χ0) is 18.0. The minimum absolute atomic E-state index is 0.133. The normalized spacial score (nSPS) is 14.2. The van der Waals surface area contributed by atoms with Gasteiger partial charge >= 0.3 is 6.03 Å². The van der Waals surface area contributed by atoms with E-state index in [1.807, 2.05) is 54.6 Å². The molecule has 0 aliphatic heterocycles. The number of nitrogens with one attached hydrogen (secondary N) is 2. The molecule has 1 aliphatic rings. The van der Waals surface area contributed by atoms with Gasteiger partial charge in [-0.1, -0.05) is 43.2 Å². The van der Waals surface area contributed by atoms with Crippen LogP contribution in [0.5, 0.6) is 5.75 Å². The standard InChI is InChI=1S/C21H26N2O3/c24-21(22-18-8-4-5-9-18)23-19-10-6-7-17(15-19)16-25-13-14-26-20-11-2-1-3-12-20/h1-3,6-7,10-12,15,18H,4-5,8-9,13-14,16H2,(H2,22,23,24). The Morgan fingerprint density at radius 2 is 1.81 bits per heavy atom. The number of rotatable bonds is 8. The van der Waals surface area contributed by atoms with Crippen molar-refractivity contribution in [2.75, 3.05) is 18.5 Å². The van der Waals surface area contributed by atoms with Crippen LogP contribution in [0.3, 0.4) is 0 Å². The number of benzene rings is 2. The fourth-order valence-corrected chi connectivity index (χ4v) is 3.09. The summed E-state index contributed by atoms with van der Waals surface area (Å²) in [6.07, 6.45) is 4.55. The van der Waals surface area contributed by atoms with Crippen molar-refractivity contribution in [1.82, 2.24) is 5.32 Å². The van der Waals surface area contributed by atoms with Crippen LogP contribution in [0.25, 0.3) is 0 Å². The summed E-state index contributed by atoms with van der Waals surface area (Å²) in [6, 6.07) is 17.6. The molecular formula is C21H26N2O3. The molecule has 0 spiro atoms. The van der Waals surface area contributed by atoms with E-state index >= 15 is 0 Å². The van der Waals surface area contributed by atoms with Gasteiger partial charge in [0.25, 0.3) is 0 Å². The number of anilines is 1. The highest BCUT2D eigenvalue weighted by Gasteiger charge is 2.16.